The molecule has 1 N–H and O–H groups in total. The molecule has 2 heteroatoms. The highest BCUT2D eigenvalue weighted by Crippen LogP contribution is 2.25. The van der Waals surface area contributed by atoms with Crippen LogP contribution in [0.5, 0.6) is 0 Å². The van der Waals surface area contributed by atoms with Crippen LogP contribution in [-0.4, -0.2) is 31.6 Å². The Hall–Kier alpha value is -0.860. The predicted molar refractivity (Wildman–Crippen MR) is 68.6 cm³/mol. The highest BCUT2D eigenvalue weighted by Gasteiger charge is 2.23. The zero-order valence-electron chi connectivity index (χ0n) is 10.5. The van der Waals surface area contributed by atoms with Gasteiger partial charge in [0.25, 0.3) is 0 Å². The Kier molecular flexibility index (Phi) is 3.62. The molecule has 0 radical (unpaired) electrons. The fourth-order valence-electron chi connectivity index (χ4n) is 2.51. The van der Waals surface area contributed by atoms with Gasteiger partial charge in [-0.25, -0.2) is 0 Å². The fraction of sp³-hybridized carbons (Fsp3) is 0.571. The average Bonchev–Trinajstić information content (AvgIpc) is 2.29. The first-order valence-corrected chi connectivity index (χ1v) is 6.13. The van der Waals surface area contributed by atoms with Crippen LogP contribution < -0.4 is 5.32 Å². The lowest BCUT2D eigenvalue weighted by Crippen LogP contribution is -2.41. The summed E-state index contributed by atoms with van der Waals surface area (Å²) in [5.74, 6) is 0. The maximum absolute atomic E-state index is 3.62. The topological polar surface area (TPSA) is 15.3 Å². The van der Waals surface area contributed by atoms with E-state index in [1.807, 2.05) is 0 Å². The van der Waals surface area contributed by atoms with Gasteiger partial charge in [0.2, 0.25) is 0 Å². The lowest BCUT2D eigenvalue weighted by Gasteiger charge is -2.34. The Balaban J connectivity index is 2.09. The molecule has 0 bridgehead atoms. The van der Waals surface area contributed by atoms with Gasteiger partial charge in [-0.15, -0.1) is 0 Å². The smallest absolute Gasteiger partial charge is 0.0335 e. The first kappa shape index (κ1) is 11.6. The molecule has 2 unspecified atom stereocenters. The van der Waals surface area contributed by atoms with Gasteiger partial charge in [-0.2, -0.15) is 0 Å². The summed E-state index contributed by atoms with van der Waals surface area (Å²) < 4.78 is 0. The number of rotatable bonds is 2. The van der Waals surface area contributed by atoms with Crippen molar-refractivity contribution < 1.29 is 0 Å². The molecule has 1 aromatic carbocycles. The van der Waals surface area contributed by atoms with Gasteiger partial charge >= 0.3 is 0 Å². The van der Waals surface area contributed by atoms with Gasteiger partial charge in [-0.3, -0.25) is 0 Å². The molecule has 2 atom stereocenters. The molecule has 2 rings (SSSR count). The summed E-state index contributed by atoms with van der Waals surface area (Å²) in [6.45, 7) is 3.29. The third kappa shape index (κ3) is 2.63. The van der Waals surface area contributed by atoms with E-state index in [-0.39, 0.29) is 0 Å². The normalized spacial score (nSPS) is 26.0. The molecule has 2 nitrogen and oxygen atoms in total. The second-order valence-electron chi connectivity index (χ2n) is 5.06. The number of piperidine rings is 1. The maximum atomic E-state index is 3.62. The standard InChI is InChI=1S/C14H22N2/c1-11-5-4-6-12(9-11)14-10-13(16(2)3)7-8-15-14/h4-6,9,13-15H,7-8,10H2,1-3H3. The van der Waals surface area contributed by atoms with E-state index in [1.54, 1.807) is 0 Å². The van der Waals surface area contributed by atoms with Crippen molar-refractivity contribution in [3.8, 4) is 0 Å². The lowest BCUT2D eigenvalue weighted by atomic mass is 9.92. The Morgan fingerprint density at radius 1 is 1.31 bits per heavy atom. The minimum atomic E-state index is 0.529. The third-order valence-corrected chi connectivity index (χ3v) is 3.55. The van der Waals surface area contributed by atoms with E-state index in [9.17, 15) is 0 Å². The van der Waals surface area contributed by atoms with Crippen molar-refractivity contribution in [2.75, 3.05) is 20.6 Å². The molecule has 1 aliphatic heterocycles. The van der Waals surface area contributed by atoms with Gasteiger partial charge in [0.05, 0.1) is 0 Å². The molecule has 1 saturated heterocycles. The predicted octanol–water partition coefficient (Wildman–Crippen LogP) is 2.35. The van der Waals surface area contributed by atoms with Crippen molar-refractivity contribution in [3.05, 3.63) is 35.4 Å². The van der Waals surface area contributed by atoms with Crippen LogP contribution in [-0.2, 0) is 0 Å². The van der Waals surface area contributed by atoms with Crippen molar-refractivity contribution in [3.63, 3.8) is 0 Å². The summed E-state index contributed by atoms with van der Waals surface area (Å²) in [6.07, 6.45) is 2.48. The number of hydrogen-bond acceptors (Lipinski definition) is 2. The SMILES string of the molecule is Cc1cccc(C2CC(N(C)C)CCN2)c1. The molecule has 1 heterocycles. The molecule has 0 saturated carbocycles. The Labute approximate surface area is 98.7 Å². The average molecular weight is 218 g/mol. The summed E-state index contributed by atoms with van der Waals surface area (Å²) in [5.41, 5.74) is 2.79. The number of hydrogen-bond donors (Lipinski definition) is 1. The highest BCUT2D eigenvalue weighted by atomic mass is 15.1. The molecule has 1 fully saturated rings. The number of benzene rings is 1. The van der Waals surface area contributed by atoms with E-state index in [2.05, 4.69) is 55.5 Å². The van der Waals surface area contributed by atoms with Crippen LogP contribution in [0.1, 0.15) is 30.0 Å². The van der Waals surface area contributed by atoms with Crippen LogP contribution in [0.2, 0.25) is 0 Å². The van der Waals surface area contributed by atoms with Gasteiger partial charge < -0.3 is 10.2 Å². The van der Waals surface area contributed by atoms with E-state index in [4.69, 9.17) is 0 Å². The molecular weight excluding hydrogens is 196 g/mol. The quantitative estimate of drug-likeness (QED) is 0.819. The number of nitrogens with zero attached hydrogens (tertiary/aromatic N) is 1. The van der Waals surface area contributed by atoms with Crippen LogP contribution in [0.15, 0.2) is 24.3 Å². The highest BCUT2D eigenvalue weighted by molar-refractivity contribution is 5.25. The van der Waals surface area contributed by atoms with E-state index >= 15 is 0 Å². The number of aryl methyl sites for hydroxylation is 1. The minimum absolute atomic E-state index is 0.529. The largest absolute Gasteiger partial charge is 0.310 e. The molecule has 1 aliphatic rings. The molecular formula is C14H22N2. The van der Waals surface area contributed by atoms with E-state index < -0.39 is 0 Å². The second kappa shape index (κ2) is 4.98. The van der Waals surface area contributed by atoms with Gasteiger partial charge in [0, 0.05) is 12.1 Å². The Morgan fingerprint density at radius 3 is 2.81 bits per heavy atom. The monoisotopic (exact) mass is 218 g/mol. The molecule has 0 amide bonds. The summed E-state index contributed by atoms with van der Waals surface area (Å²) in [5, 5.41) is 3.62. The van der Waals surface area contributed by atoms with E-state index in [0.717, 1.165) is 6.54 Å². The molecule has 88 valence electrons. The van der Waals surface area contributed by atoms with Crippen molar-refractivity contribution in [1.29, 1.82) is 0 Å². The van der Waals surface area contributed by atoms with Crippen molar-refractivity contribution in [2.45, 2.75) is 31.8 Å². The van der Waals surface area contributed by atoms with Crippen LogP contribution in [0.25, 0.3) is 0 Å². The van der Waals surface area contributed by atoms with Crippen LogP contribution in [0.3, 0.4) is 0 Å². The Morgan fingerprint density at radius 2 is 2.12 bits per heavy atom. The summed E-state index contributed by atoms with van der Waals surface area (Å²) in [6, 6.07) is 10.1. The number of nitrogens with one attached hydrogen (secondary N) is 1. The Bertz CT molecular complexity index is 346. The third-order valence-electron chi connectivity index (χ3n) is 3.55. The van der Waals surface area contributed by atoms with Crippen LogP contribution >= 0.6 is 0 Å². The summed E-state index contributed by atoms with van der Waals surface area (Å²) >= 11 is 0. The van der Waals surface area contributed by atoms with Crippen molar-refractivity contribution >= 4 is 0 Å². The van der Waals surface area contributed by atoms with Crippen LogP contribution in [0.4, 0.5) is 0 Å². The molecule has 16 heavy (non-hydrogen) atoms. The minimum Gasteiger partial charge on any atom is -0.310 e. The first-order valence-electron chi connectivity index (χ1n) is 6.13. The lowest BCUT2D eigenvalue weighted by molar-refractivity contribution is 0.207. The summed E-state index contributed by atoms with van der Waals surface area (Å²) in [4.78, 5) is 2.35. The maximum Gasteiger partial charge on any atom is 0.0335 e. The second-order valence-corrected chi connectivity index (χ2v) is 5.06. The summed E-state index contributed by atoms with van der Waals surface area (Å²) in [7, 11) is 4.37. The fourth-order valence-corrected chi connectivity index (χ4v) is 2.51. The van der Waals surface area contributed by atoms with Crippen LogP contribution in [0, 0.1) is 6.92 Å². The zero-order valence-corrected chi connectivity index (χ0v) is 10.5. The van der Waals surface area contributed by atoms with E-state index in [1.165, 1.54) is 24.0 Å². The van der Waals surface area contributed by atoms with E-state index in [0.29, 0.717) is 12.1 Å². The first-order chi connectivity index (χ1) is 7.66. The van der Waals surface area contributed by atoms with Gasteiger partial charge in [-0.05, 0) is 46.0 Å². The molecule has 0 aromatic heterocycles. The molecule has 1 aromatic rings. The molecule has 0 spiro atoms. The van der Waals surface area contributed by atoms with Gasteiger partial charge in [-0.1, -0.05) is 29.8 Å². The molecule has 0 aliphatic carbocycles. The van der Waals surface area contributed by atoms with Gasteiger partial charge in [0.15, 0.2) is 0 Å². The van der Waals surface area contributed by atoms with Crippen molar-refractivity contribution in [2.24, 2.45) is 0 Å². The van der Waals surface area contributed by atoms with Crippen molar-refractivity contribution in [1.82, 2.24) is 10.2 Å². The zero-order chi connectivity index (χ0) is 11.5. The van der Waals surface area contributed by atoms with Gasteiger partial charge in [0.1, 0.15) is 0 Å².